The van der Waals surface area contributed by atoms with E-state index < -0.39 is 6.98 Å². The molecule has 0 fully saturated rings. The quantitative estimate of drug-likeness (QED) is 0.179. The molecule has 4 aromatic carbocycles. The molecule has 0 radical (unpaired) electrons. The molecule has 3 heterocycles. The Labute approximate surface area is 277 Å². The van der Waals surface area contributed by atoms with Gasteiger partial charge in [0.1, 0.15) is 0 Å². The van der Waals surface area contributed by atoms with Crippen molar-refractivity contribution >= 4 is 32.8 Å². The Balaban J connectivity index is 1.26. The molecule has 44 heavy (non-hydrogen) atoms. The Morgan fingerprint density at radius 2 is 1.68 bits per heavy atom. The van der Waals surface area contributed by atoms with Gasteiger partial charge in [0.2, 0.25) is 0 Å². The van der Waals surface area contributed by atoms with Gasteiger partial charge in [-0.2, -0.15) is 0 Å². The Hall–Kier alpha value is -4.21. The smallest absolute Gasteiger partial charge is 0.239 e. The van der Waals surface area contributed by atoms with Crippen molar-refractivity contribution in [1.29, 1.82) is 0 Å². The fourth-order valence-electron chi connectivity index (χ4n) is 6.47. The summed E-state index contributed by atoms with van der Waals surface area (Å²) in [6.07, 6.45) is 3.40. The molecule has 0 aliphatic heterocycles. The second-order valence-electron chi connectivity index (χ2n) is 12.3. The molecule has 0 bridgehead atoms. The van der Waals surface area contributed by atoms with Gasteiger partial charge >= 0.3 is 194 Å². The standard InChI is InChI=1S/C38H34N4O.Pt/c1-38(2,3)26-19-20-39-37(21-26)42-33-10-6-5-9-29(33)30-17-16-28(23-36(30)42)43-27-15-13-25-14-18-32(31(25)22-27)41-24-40(4)34-11-7-8-12-35(34)41;/h5-13,15-17,19-23,32H,14,18H2,1-4H3;/i4D3,5D,6D,9D,10D;. The van der Waals surface area contributed by atoms with Crippen LogP contribution in [0.3, 0.4) is 0 Å². The number of para-hydroxylation sites is 3. The van der Waals surface area contributed by atoms with Crippen molar-refractivity contribution in [2.45, 2.75) is 45.1 Å². The van der Waals surface area contributed by atoms with Gasteiger partial charge in [0.05, 0.1) is 5.48 Å². The van der Waals surface area contributed by atoms with Crippen molar-refractivity contribution in [3.63, 3.8) is 0 Å². The molecule has 6 heteroatoms. The van der Waals surface area contributed by atoms with E-state index in [2.05, 4.69) is 55.7 Å². The van der Waals surface area contributed by atoms with Crippen LogP contribution in [0.25, 0.3) is 38.7 Å². The third-order valence-corrected chi connectivity index (χ3v) is 9.71. The predicted octanol–water partition coefficient (Wildman–Crippen LogP) is 9.18. The van der Waals surface area contributed by atoms with E-state index in [0.717, 1.165) is 29.5 Å². The summed E-state index contributed by atoms with van der Waals surface area (Å²) in [6.45, 7) is 4.01. The molecule has 0 spiro atoms. The zero-order valence-electron chi connectivity index (χ0n) is 31.5. The molecular formula is C38H34N4OPt. The van der Waals surface area contributed by atoms with Crippen LogP contribution in [0.5, 0.6) is 11.5 Å². The SMILES string of the molecule is [2H]c1c([2H])c([2H])c2c(c1[2H])c1ccc(Oc3ccc4c(c3)C(n3[c](=[Pt])n(C([2H])([2H])[2H])c5ccccc53)CC4)cc1n2-c1cc(C(C)(C)C)ccn1. The normalized spacial score (nSPS) is 17.6. The van der Waals surface area contributed by atoms with Gasteiger partial charge in [0.25, 0.3) is 0 Å². The van der Waals surface area contributed by atoms with Crippen LogP contribution in [0.4, 0.5) is 0 Å². The van der Waals surface area contributed by atoms with Gasteiger partial charge < -0.3 is 0 Å². The van der Waals surface area contributed by atoms with Gasteiger partial charge in [0.15, 0.2) is 0 Å². The molecule has 7 aromatic rings. The maximum atomic E-state index is 8.91. The Bertz CT molecular complexity index is 2630. The van der Waals surface area contributed by atoms with Crippen LogP contribution in [0.2, 0.25) is 0 Å². The number of hydrogen-bond donors (Lipinski definition) is 0. The van der Waals surface area contributed by atoms with E-state index in [1.165, 1.54) is 10.1 Å². The summed E-state index contributed by atoms with van der Waals surface area (Å²) in [7, 11) is 0. The monoisotopic (exact) mass is 764 g/mol. The zero-order valence-corrected chi connectivity index (χ0v) is 26.8. The first-order valence-corrected chi connectivity index (χ1v) is 15.8. The van der Waals surface area contributed by atoms with Gasteiger partial charge in [-0.1, -0.05) is 38.9 Å². The molecule has 8 rings (SSSR count). The van der Waals surface area contributed by atoms with E-state index in [-0.39, 0.29) is 35.6 Å². The van der Waals surface area contributed by atoms with Crippen LogP contribution in [0.1, 0.15) is 59.5 Å². The molecular weight excluding hydrogens is 724 g/mol. The Morgan fingerprint density at radius 3 is 2.52 bits per heavy atom. The van der Waals surface area contributed by atoms with Crippen molar-refractivity contribution in [3.05, 3.63) is 124 Å². The minimum atomic E-state index is -2.33. The van der Waals surface area contributed by atoms with Crippen molar-refractivity contribution < 1.29 is 33.7 Å². The molecule has 5 nitrogen and oxygen atoms in total. The average molecular weight is 765 g/mol. The summed E-state index contributed by atoms with van der Waals surface area (Å²) in [5.41, 5.74) is 5.66. The number of rotatable bonds is 4. The van der Waals surface area contributed by atoms with Gasteiger partial charge in [-0.15, -0.1) is 0 Å². The Kier molecular flexibility index (Phi) is 4.78. The summed E-state index contributed by atoms with van der Waals surface area (Å²) in [4.78, 5) is 4.68. The molecule has 0 amide bonds. The predicted molar refractivity (Wildman–Crippen MR) is 174 cm³/mol. The first kappa shape index (κ1) is 20.7. The van der Waals surface area contributed by atoms with Crippen LogP contribution in [0, 0.1) is 3.80 Å². The van der Waals surface area contributed by atoms with Gasteiger partial charge in [-0.25, -0.2) is 4.98 Å². The first-order chi connectivity index (χ1) is 24.1. The Morgan fingerprint density at radius 1 is 0.886 bits per heavy atom. The first-order valence-electron chi connectivity index (χ1n) is 18.1. The number of imidazole rings is 1. The number of pyridine rings is 1. The van der Waals surface area contributed by atoms with Crippen molar-refractivity contribution in [2.75, 3.05) is 0 Å². The maximum absolute atomic E-state index is 8.91. The van der Waals surface area contributed by atoms with Crippen LogP contribution < -0.4 is 4.74 Å². The summed E-state index contributed by atoms with van der Waals surface area (Å²) >= 11 is 2.13. The van der Waals surface area contributed by atoms with Crippen LogP contribution >= 0.6 is 0 Å². The molecule has 0 N–H and O–H groups in total. The summed E-state index contributed by atoms with van der Waals surface area (Å²) in [6, 6.07) is 22.2. The zero-order chi connectivity index (χ0) is 36.1. The van der Waals surface area contributed by atoms with E-state index in [1.807, 2.05) is 71.3 Å². The topological polar surface area (TPSA) is 36.9 Å². The number of ether oxygens (including phenoxy) is 1. The molecule has 1 atom stereocenters. The third-order valence-electron chi connectivity index (χ3n) is 8.66. The van der Waals surface area contributed by atoms with Gasteiger partial charge in [0, 0.05) is 6.20 Å². The van der Waals surface area contributed by atoms with Crippen LogP contribution in [0.15, 0.2) is 103 Å². The van der Waals surface area contributed by atoms with Crippen molar-refractivity contribution in [3.8, 4) is 17.3 Å². The van der Waals surface area contributed by atoms with Crippen molar-refractivity contribution in [1.82, 2.24) is 18.7 Å². The summed E-state index contributed by atoms with van der Waals surface area (Å²) in [5, 5.41) is 1.09. The van der Waals surface area contributed by atoms with E-state index in [4.69, 9.17) is 14.3 Å². The molecule has 3 aromatic heterocycles. The van der Waals surface area contributed by atoms with Crippen LogP contribution in [-0.4, -0.2) is 18.7 Å². The number of benzene rings is 4. The number of aromatic nitrogens is 4. The number of hydrogen-bond acceptors (Lipinski definition) is 2. The van der Waals surface area contributed by atoms with Gasteiger partial charge in [-0.3, -0.25) is 0 Å². The van der Waals surface area contributed by atoms with E-state index >= 15 is 0 Å². The molecule has 222 valence electrons. The second-order valence-corrected chi connectivity index (χ2v) is 13.4. The molecule has 0 saturated heterocycles. The van der Waals surface area contributed by atoms with E-state index in [0.29, 0.717) is 48.4 Å². The summed E-state index contributed by atoms with van der Waals surface area (Å²) in [5.74, 6) is 1.70. The van der Waals surface area contributed by atoms with Gasteiger partial charge in [-0.05, 0) is 29.2 Å². The molecule has 1 unspecified atom stereocenters. The van der Waals surface area contributed by atoms with Crippen molar-refractivity contribution in [2.24, 2.45) is 6.98 Å². The molecule has 1 aliphatic carbocycles. The number of fused-ring (bicyclic) bond motifs is 5. The minimum Gasteiger partial charge on any atom is -0.239 e. The average Bonchev–Trinajstić information content (AvgIpc) is 3.74. The second kappa shape index (κ2) is 10.2. The fraction of sp³-hybridized carbons (Fsp3) is 0.211. The molecule has 1 aliphatic rings. The fourth-order valence-corrected chi connectivity index (χ4v) is 7.37. The summed E-state index contributed by atoms with van der Waals surface area (Å²) < 4.78 is 71.9. The number of nitrogens with zero attached hydrogens (tertiary/aromatic N) is 4. The third kappa shape index (κ3) is 4.32. The minimum absolute atomic E-state index is 0.0835. The van der Waals surface area contributed by atoms with E-state index in [9.17, 15) is 0 Å². The van der Waals surface area contributed by atoms with E-state index in [1.54, 1.807) is 6.20 Å². The number of aryl methyl sites for hydroxylation is 2. The molecule has 0 saturated carbocycles. The van der Waals surface area contributed by atoms with Crippen LogP contribution in [-0.2, 0) is 38.2 Å².